The van der Waals surface area contributed by atoms with Gasteiger partial charge < -0.3 is 10.2 Å². The van der Waals surface area contributed by atoms with Crippen LogP contribution in [0.3, 0.4) is 0 Å². The van der Waals surface area contributed by atoms with Gasteiger partial charge in [-0.25, -0.2) is 13.9 Å². The fourth-order valence-electron chi connectivity index (χ4n) is 1.32. The molecule has 0 amide bonds. The Balaban J connectivity index is 2.56. The van der Waals surface area contributed by atoms with Crippen LogP contribution >= 0.6 is 0 Å². The number of hydrogen-bond acceptors (Lipinski definition) is 3. The Morgan fingerprint density at radius 3 is 2.50 bits per heavy atom. The third-order valence-corrected chi connectivity index (χ3v) is 2.02. The molecule has 0 saturated heterocycles. The number of hydrogen-bond donors (Lipinski definition) is 2. The van der Waals surface area contributed by atoms with Crippen LogP contribution in [0.2, 0.25) is 0 Å². The average Bonchev–Trinajstić information content (AvgIpc) is 2.61. The Kier molecular flexibility index (Phi) is 2.32. The molecule has 5 nitrogen and oxygen atoms in total. The molecule has 2 rings (SSSR count). The van der Waals surface area contributed by atoms with Crippen LogP contribution in [0, 0.1) is 5.82 Å². The third kappa shape index (κ3) is 1.60. The van der Waals surface area contributed by atoms with E-state index in [9.17, 15) is 14.3 Å². The molecule has 6 heteroatoms. The van der Waals surface area contributed by atoms with E-state index in [4.69, 9.17) is 5.11 Å². The van der Waals surface area contributed by atoms with Crippen LogP contribution in [-0.2, 0) is 0 Å². The van der Waals surface area contributed by atoms with Crippen molar-refractivity contribution >= 4 is 5.97 Å². The largest absolute Gasteiger partial charge is 0.504 e. The number of aromatic nitrogens is 2. The lowest BCUT2D eigenvalue weighted by Crippen LogP contribution is -2.08. The zero-order chi connectivity index (χ0) is 11.7. The summed E-state index contributed by atoms with van der Waals surface area (Å²) in [6.07, 6.45) is 1.02. The third-order valence-electron chi connectivity index (χ3n) is 2.02. The summed E-state index contributed by atoms with van der Waals surface area (Å²) < 4.78 is 13.7. The summed E-state index contributed by atoms with van der Waals surface area (Å²) in [6.45, 7) is 0. The minimum absolute atomic E-state index is 0.355. The summed E-state index contributed by atoms with van der Waals surface area (Å²) in [5, 5.41) is 21.8. The molecule has 1 heterocycles. The number of halogens is 1. The highest BCUT2D eigenvalue weighted by molar-refractivity contribution is 5.89. The second-order valence-electron chi connectivity index (χ2n) is 3.07. The molecule has 0 bridgehead atoms. The first-order valence-corrected chi connectivity index (χ1v) is 4.36. The van der Waals surface area contributed by atoms with Gasteiger partial charge in [-0.3, -0.25) is 0 Å². The highest BCUT2D eigenvalue weighted by Crippen LogP contribution is 2.20. The number of carboxylic acid groups (broad SMARTS) is 1. The summed E-state index contributed by atoms with van der Waals surface area (Å²) in [5.41, 5.74) is 0.00529. The van der Waals surface area contributed by atoms with E-state index in [1.807, 2.05) is 0 Å². The quantitative estimate of drug-likeness (QED) is 0.805. The van der Waals surface area contributed by atoms with Crippen molar-refractivity contribution in [2.45, 2.75) is 0 Å². The average molecular weight is 222 g/mol. The topological polar surface area (TPSA) is 75.3 Å². The molecule has 16 heavy (non-hydrogen) atoms. The molecule has 0 atom stereocenters. The zero-order valence-corrected chi connectivity index (χ0v) is 7.96. The van der Waals surface area contributed by atoms with E-state index >= 15 is 0 Å². The van der Waals surface area contributed by atoms with Crippen LogP contribution in [-0.4, -0.2) is 26.0 Å². The molecular formula is C10H7FN2O3. The van der Waals surface area contributed by atoms with E-state index in [1.165, 1.54) is 24.3 Å². The molecule has 0 aliphatic heterocycles. The van der Waals surface area contributed by atoms with Crippen molar-refractivity contribution in [2.75, 3.05) is 0 Å². The van der Waals surface area contributed by atoms with Gasteiger partial charge in [0.25, 0.3) is 0 Å². The van der Waals surface area contributed by atoms with E-state index in [-0.39, 0.29) is 5.69 Å². The molecule has 0 aliphatic carbocycles. The van der Waals surface area contributed by atoms with E-state index < -0.39 is 17.5 Å². The van der Waals surface area contributed by atoms with E-state index in [1.54, 1.807) is 0 Å². The molecule has 0 radical (unpaired) electrons. The van der Waals surface area contributed by atoms with Crippen LogP contribution in [0.1, 0.15) is 10.5 Å². The molecule has 0 saturated carbocycles. The molecule has 82 valence electrons. The lowest BCUT2D eigenvalue weighted by atomic mass is 10.3. The molecule has 2 aromatic rings. The fourth-order valence-corrected chi connectivity index (χ4v) is 1.32. The van der Waals surface area contributed by atoms with Gasteiger partial charge >= 0.3 is 5.97 Å². The van der Waals surface area contributed by atoms with Gasteiger partial charge in [0, 0.05) is 0 Å². The number of aromatic hydroxyl groups is 1. The molecule has 1 aromatic carbocycles. The van der Waals surface area contributed by atoms with Crippen molar-refractivity contribution in [1.29, 1.82) is 0 Å². The number of benzene rings is 1. The number of carbonyl (C=O) groups is 1. The molecule has 0 unspecified atom stereocenters. The first-order valence-electron chi connectivity index (χ1n) is 4.36. The summed E-state index contributed by atoms with van der Waals surface area (Å²) in [4.78, 5) is 10.8. The Labute approximate surface area is 89.4 Å². The minimum Gasteiger partial charge on any atom is -0.504 e. The molecule has 1 aromatic heterocycles. The highest BCUT2D eigenvalue weighted by Gasteiger charge is 2.18. The standard InChI is InChI=1S/C10H7FN2O3/c11-6-1-3-7(4-2-6)13-9(10(15)16)8(14)5-12-13/h1-5,14H,(H,15,16). The molecular weight excluding hydrogens is 215 g/mol. The van der Waals surface area contributed by atoms with Gasteiger partial charge in [0.2, 0.25) is 0 Å². The smallest absolute Gasteiger partial charge is 0.358 e. The van der Waals surface area contributed by atoms with Gasteiger partial charge in [0.1, 0.15) is 5.82 Å². The van der Waals surface area contributed by atoms with Gasteiger partial charge in [0.15, 0.2) is 11.4 Å². The lowest BCUT2D eigenvalue weighted by Gasteiger charge is -2.03. The minimum atomic E-state index is -1.31. The van der Waals surface area contributed by atoms with Crippen LogP contribution in [0.15, 0.2) is 30.5 Å². The lowest BCUT2D eigenvalue weighted by molar-refractivity contribution is 0.0684. The fraction of sp³-hybridized carbons (Fsp3) is 0. The summed E-state index contributed by atoms with van der Waals surface area (Å²) in [7, 11) is 0. The van der Waals surface area contributed by atoms with Gasteiger partial charge in [-0.15, -0.1) is 0 Å². The van der Waals surface area contributed by atoms with Crippen LogP contribution in [0.4, 0.5) is 4.39 Å². The summed E-state index contributed by atoms with van der Waals surface area (Å²) >= 11 is 0. The van der Waals surface area contributed by atoms with Crippen molar-refractivity contribution in [2.24, 2.45) is 0 Å². The first kappa shape index (κ1) is 10.2. The molecule has 0 aliphatic rings. The molecule has 2 N–H and O–H groups in total. The van der Waals surface area contributed by atoms with Crippen molar-refractivity contribution in [3.05, 3.63) is 42.0 Å². The maximum Gasteiger partial charge on any atom is 0.358 e. The second kappa shape index (κ2) is 3.65. The van der Waals surface area contributed by atoms with E-state index in [0.717, 1.165) is 10.9 Å². The Bertz CT molecular complexity index is 533. The van der Waals surface area contributed by atoms with Crippen molar-refractivity contribution < 1.29 is 19.4 Å². The summed E-state index contributed by atoms with van der Waals surface area (Å²) in [5.74, 6) is -2.17. The van der Waals surface area contributed by atoms with Gasteiger partial charge in [-0.05, 0) is 24.3 Å². The first-order chi connectivity index (χ1) is 7.59. The zero-order valence-electron chi connectivity index (χ0n) is 7.96. The highest BCUT2D eigenvalue weighted by atomic mass is 19.1. The van der Waals surface area contributed by atoms with Gasteiger partial charge in [-0.2, -0.15) is 5.10 Å². The Morgan fingerprint density at radius 1 is 1.31 bits per heavy atom. The molecule has 0 fully saturated rings. The monoisotopic (exact) mass is 222 g/mol. The van der Waals surface area contributed by atoms with Gasteiger partial charge in [0.05, 0.1) is 11.9 Å². The maximum absolute atomic E-state index is 12.7. The number of aromatic carboxylic acids is 1. The predicted molar refractivity (Wildman–Crippen MR) is 52.1 cm³/mol. The SMILES string of the molecule is O=C(O)c1c(O)cnn1-c1ccc(F)cc1. The summed E-state index contributed by atoms with van der Waals surface area (Å²) in [6, 6.07) is 5.10. The molecule has 0 spiro atoms. The number of rotatable bonds is 2. The normalized spacial score (nSPS) is 10.3. The van der Waals surface area contributed by atoms with Crippen LogP contribution in [0.5, 0.6) is 5.75 Å². The van der Waals surface area contributed by atoms with Crippen LogP contribution < -0.4 is 0 Å². The predicted octanol–water partition coefficient (Wildman–Crippen LogP) is 1.42. The Morgan fingerprint density at radius 2 is 1.94 bits per heavy atom. The van der Waals surface area contributed by atoms with Gasteiger partial charge in [-0.1, -0.05) is 0 Å². The Hall–Kier alpha value is -2.37. The number of carboxylic acids is 1. The van der Waals surface area contributed by atoms with E-state index in [0.29, 0.717) is 5.69 Å². The van der Waals surface area contributed by atoms with Crippen molar-refractivity contribution in [3.63, 3.8) is 0 Å². The second-order valence-corrected chi connectivity index (χ2v) is 3.07. The van der Waals surface area contributed by atoms with E-state index in [2.05, 4.69) is 5.10 Å². The van der Waals surface area contributed by atoms with Crippen LogP contribution in [0.25, 0.3) is 5.69 Å². The maximum atomic E-state index is 12.7. The van der Waals surface area contributed by atoms with Crippen molar-refractivity contribution in [1.82, 2.24) is 9.78 Å². The van der Waals surface area contributed by atoms with Crippen molar-refractivity contribution in [3.8, 4) is 11.4 Å². The number of nitrogens with zero attached hydrogens (tertiary/aromatic N) is 2.